The minimum atomic E-state index is -0.0112. The van der Waals surface area contributed by atoms with Crippen molar-refractivity contribution in [3.05, 3.63) is 23.3 Å². The minimum absolute atomic E-state index is 0.0112. The molecule has 0 aliphatic heterocycles. The first-order valence-corrected chi connectivity index (χ1v) is 5.98. The van der Waals surface area contributed by atoms with E-state index >= 15 is 0 Å². The quantitative estimate of drug-likeness (QED) is 0.788. The second-order valence-electron chi connectivity index (χ2n) is 4.40. The maximum absolute atomic E-state index is 12.0. The van der Waals surface area contributed by atoms with Crippen LogP contribution in [0.15, 0.2) is 12.1 Å². The summed E-state index contributed by atoms with van der Waals surface area (Å²) in [6.45, 7) is 4.43. The summed E-state index contributed by atoms with van der Waals surface area (Å²) >= 11 is 0. The molecule has 0 amide bonds. The molecule has 1 aromatic carbocycles. The Labute approximate surface area is 108 Å². The fourth-order valence-electron chi connectivity index (χ4n) is 1.85. The molecule has 0 bridgehead atoms. The van der Waals surface area contributed by atoms with Crippen LogP contribution in [0.25, 0.3) is 0 Å². The van der Waals surface area contributed by atoms with Crippen LogP contribution >= 0.6 is 0 Å². The molecule has 4 heteroatoms. The third-order valence-electron chi connectivity index (χ3n) is 2.81. The molecular weight excluding hydrogens is 230 g/mol. The Balaban J connectivity index is 3.30. The number of hydrogen-bond acceptors (Lipinski definition) is 4. The predicted molar refractivity (Wildman–Crippen MR) is 71.9 cm³/mol. The van der Waals surface area contributed by atoms with E-state index in [1.807, 2.05) is 6.07 Å². The lowest BCUT2D eigenvalue weighted by Crippen LogP contribution is -2.19. The Morgan fingerprint density at radius 2 is 1.83 bits per heavy atom. The zero-order valence-electron chi connectivity index (χ0n) is 11.7. The maximum Gasteiger partial charge on any atom is 0.180 e. The molecule has 100 valence electrons. The van der Waals surface area contributed by atoms with E-state index < -0.39 is 0 Å². The Morgan fingerprint density at radius 3 is 2.28 bits per heavy atom. The van der Waals surface area contributed by atoms with Crippen molar-refractivity contribution in [1.29, 1.82) is 0 Å². The highest BCUT2D eigenvalue weighted by molar-refractivity contribution is 6.00. The van der Waals surface area contributed by atoms with E-state index in [-0.39, 0.29) is 12.3 Å². The first-order valence-electron chi connectivity index (χ1n) is 5.98. The van der Waals surface area contributed by atoms with Gasteiger partial charge >= 0.3 is 0 Å². The van der Waals surface area contributed by atoms with Gasteiger partial charge < -0.3 is 14.8 Å². The molecule has 18 heavy (non-hydrogen) atoms. The SMILES string of the molecule is CNCC(=O)c1cc(OC)c(C(C)C)cc1OC. The number of Topliss-reactive ketones (excluding diaryl/α,β-unsaturated/α-hetero) is 1. The molecule has 0 saturated carbocycles. The number of nitrogens with one attached hydrogen (secondary N) is 1. The van der Waals surface area contributed by atoms with E-state index in [2.05, 4.69) is 19.2 Å². The summed E-state index contributed by atoms with van der Waals surface area (Å²) in [4.78, 5) is 12.0. The van der Waals surface area contributed by atoms with Crippen LogP contribution in [0.3, 0.4) is 0 Å². The summed E-state index contributed by atoms with van der Waals surface area (Å²) < 4.78 is 10.6. The van der Waals surface area contributed by atoms with Crippen LogP contribution in [0.2, 0.25) is 0 Å². The van der Waals surface area contributed by atoms with Crippen LogP contribution in [-0.2, 0) is 0 Å². The number of rotatable bonds is 6. The van der Waals surface area contributed by atoms with Gasteiger partial charge in [0.25, 0.3) is 0 Å². The monoisotopic (exact) mass is 251 g/mol. The second-order valence-corrected chi connectivity index (χ2v) is 4.40. The van der Waals surface area contributed by atoms with Crippen molar-refractivity contribution >= 4 is 5.78 Å². The lowest BCUT2D eigenvalue weighted by atomic mass is 9.98. The highest BCUT2D eigenvalue weighted by atomic mass is 16.5. The van der Waals surface area contributed by atoms with E-state index in [1.165, 1.54) is 0 Å². The third kappa shape index (κ3) is 3.01. The van der Waals surface area contributed by atoms with Gasteiger partial charge in [-0.1, -0.05) is 13.8 Å². The Hall–Kier alpha value is -1.55. The van der Waals surface area contributed by atoms with Crippen molar-refractivity contribution in [2.45, 2.75) is 19.8 Å². The Bertz CT molecular complexity index is 427. The number of methoxy groups -OCH3 is 2. The van der Waals surface area contributed by atoms with E-state index in [9.17, 15) is 4.79 Å². The number of carbonyl (C=O) groups is 1. The van der Waals surface area contributed by atoms with Crippen molar-refractivity contribution in [1.82, 2.24) is 5.32 Å². The molecular formula is C14H21NO3. The summed E-state index contributed by atoms with van der Waals surface area (Å²) in [6.07, 6.45) is 0. The smallest absolute Gasteiger partial charge is 0.180 e. The van der Waals surface area contributed by atoms with Crippen molar-refractivity contribution in [3.63, 3.8) is 0 Å². The van der Waals surface area contributed by atoms with Crippen molar-refractivity contribution in [2.75, 3.05) is 27.8 Å². The molecule has 0 heterocycles. The zero-order chi connectivity index (χ0) is 13.7. The number of hydrogen-bond donors (Lipinski definition) is 1. The molecule has 0 aliphatic carbocycles. The summed E-state index contributed by atoms with van der Waals surface area (Å²) in [5, 5.41) is 2.85. The van der Waals surface area contributed by atoms with Gasteiger partial charge in [0.05, 0.1) is 26.3 Å². The van der Waals surface area contributed by atoms with Gasteiger partial charge in [-0.25, -0.2) is 0 Å². The van der Waals surface area contributed by atoms with Crippen LogP contribution in [0.4, 0.5) is 0 Å². The molecule has 0 spiro atoms. The molecule has 0 atom stereocenters. The molecule has 0 fully saturated rings. The normalized spacial score (nSPS) is 10.6. The van der Waals surface area contributed by atoms with Gasteiger partial charge in [-0.3, -0.25) is 4.79 Å². The third-order valence-corrected chi connectivity index (χ3v) is 2.81. The molecule has 1 aromatic rings. The van der Waals surface area contributed by atoms with Gasteiger partial charge in [-0.2, -0.15) is 0 Å². The fourth-order valence-corrected chi connectivity index (χ4v) is 1.85. The lowest BCUT2D eigenvalue weighted by molar-refractivity contribution is 0.0990. The van der Waals surface area contributed by atoms with Crippen LogP contribution in [0, 0.1) is 0 Å². The van der Waals surface area contributed by atoms with Gasteiger partial charge in [-0.05, 0) is 25.1 Å². The van der Waals surface area contributed by atoms with Crippen LogP contribution in [0.5, 0.6) is 11.5 Å². The van der Waals surface area contributed by atoms with Gasteiger partial charge in [0.2, 0.25) is 0 Å². The average molecular weight is 251 g/mol. The average Bonchev–Trinajstić information content (AvgIpc) is 2.37. The number of ketones is 1. The molecule has 0 aromatic heterocycles. The van der Waals surface area contributed by atoms with E-state index in [1.54, 1.807) is 27.3 Å². The maximum atomic E-state index is 12.0. The molecule has 1 N–H and O–H groups in total. The fraction of sp³-hybridized carbons (Fsp3) is 0.500. The Morgan fingerprint density at radius 1 is 1.22 bits per heavy atom. The van der Waals surface area contributed by atoms with Gasteiger partial charge in [-0.15, -0.1) is 0 Å². The molecule has 1 rings (SSSR count). The highest BCUT2D eigenvalue weighted by Gasteiger charge is 2.17. The van der Waals surface area contributed by atoms with Gasteiger partial charge in [0, 0.05) is 5.56 Å². The number of ether oxygens (including phenoxy) is 2. The van der Waals surface area contributed by atoms with E-state index in [0.717, 1.165) is 11.3 Å². The number of benzene rings is 1. The minimum Gasteiger partial charge on any atom is -0.496 e. The van der Waals surface area contributed by atoms with Crippen LogP contribution in [-0.4, -0.2) is 33.6 Å². The predicted octanol–water partition coefficient (Wildman–Crippen LogP) is 2.23. The van der Waals surface area contributed by atoms with Crippen molar-refractivity contribution in [3.8, 4) is 11.5 Å². The standard InChI is InChI=1S/C14H21NO3/c1-9(2)10-6-14(18-5)11(7-13(10)17-4)12(16)8-15-3/h6-7,9,15H,8H2,1-5H3. The van der Waals surface area contributed by atoms with Crippen molar-refractivity contribution < 1.29 is 14.3 Å². The van der Waals surface area contributed by atoms with Crippen LogP contribution < -0.4 is 14.8 Å². The highest BCUT2D eigenvalue weighted by Crippen LogP contribution is 2.33. The summed E-state index contributed by atoms with van der Waals surface area (Å²) in [5.41, 5.74) is 1.59. The molecule has 0 unspecified atom stereocenters. The first kappa shape index (κ1) is 14.5. The van der Waals surface area contributed by atoms with Crippen molar-refractivity contribution in [2.24, 2.45) is 0 Å². The van der Waals surface area contributed by atoms with E-state index in [4.69, 9.17) is 9.47 Å². The lowest BCUT2D eigenvalue weighted by Gasteiger charge is -2.16. The molecule has 4 nitrogen and oxygen atoms in total. The van der Waals surface area contributed by atoms with Gasteiger partial charge in [0.1, 0.15) is 11.5 Å². The largest absolute Gasteiger partial charge is 0.496 e. The zero-order valence-corrected chi connectivity index (χ0v) is 11.7. The second kappa shape index (κ2) is 6.40. The molecule has 0 aliphatic rings. The number of likely N-dealkylation sites (N-methyl/N-ethyl adjacent to an activating group) is 1. The Kier molecular flexibility index (Phi) is 5.16. The number of carbonyl (C=O) groups excluding carboxylic acids is 1. The topological polar surface area (TPSA) is 47.6 Å². The summed E-state index contributed by atoms with van der Waals surface area (Å²) in [6, 6.07) is 3.64. The molecule has 0 radical (unpaired) electrons. The van der Waals surface area contributed by atoms with Gasteiger partial charge in [0.15, 0.2) is 5.78 Å². The summed E-state index contributed by atoms with van der Waals surface area (Å²) in [5.74, 6) is 1.62. The van der Waals surface area contributed by atoms with Crippen LogP contribution in [0.1, 0.15) is 35.7 Å². The van der Waals surface area contributed by atoms with E-state index in [0.29, 0.717) is 17.2 Å². The molecule has 0 saturated heterocycles. The summed E-state index contributed by atoms with van der Waals surface area (Å²) in [7, 11) is 4.92. The first-order chi connectivity index (χ1) is 8.54.